The minimum Gasteiger partial charge on any atom is -0.494 e. The van der Waals surface area contributed by atoms with E-state index in [1.54, 1.807) is 52.0 Å². The third-order valence-corrected chi connectivity index (χ3v) is 8.55. The summed E-state index contributed by atoms with van der Waals surface area (Å²) >= 11 is 0. The third-order valence-electron chi connectivity index (χ3n) is 8.11. The lowest BCUT2D eigenvalue weighted by Gasteiger charge is -2.34. The van der Waals surface area contributed by atoms with Gasteiger partial charge in [-0.3, -0.25) is 33.6 Å². The number of anilines is 1. The monoisotopic (exact) mass is 747 g/mol. The van der Waals surface area contributed by atoms with Crippen LogP contribution in [0.4, 0.5) is 5.69 Å². The van der Waals surface area contributed by atoms with Gasteiger partial charge in [0.2, 0.25) is 16.8 Å². The molecule has 0 spiro atoms. The average Bonchev–Trinajstić information content (AvgIpc) is 3.69. The molecule has 2 heterocycles. The van der Waals surface area contributed by atoms with Crippen molar-refractivity contribution >= 4 is 46.2 Å². The Labute approximate surface area is 301 Å². The second-order valence-electron chi connectivity index (χ2n) is 12.3. The lowest BCUT2D eigenvalue weighted by Crippen LogP contribution is -2.50. The van der Waals surface area contributed by atoms with Gasteiger partial charge in [-0.1, -0.05) is 0 Å². The SMILES string of the molecule is CC(=O)Cn1ccnc1CN(CCCCOc1ccc(N[SH](=O)=O)cc1)Cc1nccn1CC(=O)NC(CCC(=O)O)(CCC(=O)O)CCC(=O)O. The van der Waals surface area contributed by atoms with Gasteiger partial charge < -0.3 is 34.5 Å². The first-order valence-corrected chi connectivity index (χ1v) is 17.7. The summed E-state index contributed by atoms with van der Waals surface area (Å²) in [5.41, 5.74) is -0.947. The van der Waals surface area contributed by atoms with Crippen molar-refractivity contribution in [2.45, 2.75) is 90.0 Å². The van der Waals surface area contributed by atoms with E-state index in [4.69, 9.17) is 4.74 Å². The summed E-state index contributed by atoms with van der Waals surface area (Å²) < 4.78 is 33.2. The number of aliphatic carboxylic acids is 3. The fourth-order valence-electron chi connectivity index (χ4n) is 5.57. The maximum Gasteiger partial charge on any atom is 0.303 e. The molecule has 0 aliphatic heterocycles. The standard InChI is InChI=1S/C33H45N7O11S/c1-24(41)20-39-17-14-34-27(39)21-38(16-2-3-19-51-26-6-4-25(5-7-26)37-52(49)50)22-28-35-15-18-40(28)23-29(42)36-33(11-8-30(43)44,12-9-31(45)46)13-10-32(47)48/h4-7,14-15,17-18,52H,2-3,8-13,16,19-23H2,1H3,(H,36,42)(H,43,44)(H,45,46)(H,47,48)(H,37,49,50). The van der Waals surface area contributed by atoms with Gasteiger partial charge >= 0.3 is 17.9 Å². The van der Waals surface area contributed by atoms with Crippen LogP contribution in [0.25, 0.3) is 0 Å². The van der Waals surface area contributed by atoms with Crippen molar-refractivity contribution in [3.8, 4) is 5.75 Å². The van der Waals surface area contributed by atoms with Crippen molar-refractivity contribution in [2.75, 3.05) is 17.9 Å². The number of carbonyl (C=O) groups excluding carboxylic acids is 2. The summed E-state index contributed by atoms with van der Waals surface area (Å²) in [5.74, 6) is -2.37. The van der Waals surface area contributed by atoms with Crippen molar-refractivity contribution in [1.82, 2.24) is 29.3 Å². The molecule has 1 aromatic carbocycles. The van der Waals surface area contributed by atoms with Gasteiger partial charge in [-0.25, -0.2) is 18.4 Å². The molecule has 0 aliphatic rings. The molecular formula is C33H45N7O11S. The molecule has 284 valence electrons. The first-order valence-electron chi connectivity index (χ1n) is 16.6. The minimum atomic E-state index is -2.77. The number of unbranched alkanes of at least 4 members (excludes halogenated alkanes) is 1. The Balaban J connectivity index is 1.72. The number of imidazole rings is 2. The number of hydrogen-bond acceptors (Lipinski definition) is 11. The van der Waals surface area contributed by atoms with E-state index in [0.29, 0.717) is 55.6 Å². The molecule has 0 atom stereocenters. The molecule has 52 heavy (non-hydrogen) atoms. The highest BCUT2D eigenvalue weighted by atomic mass is 32.2. The van der Waals surface area contributed by atoms with Gasteiger partial charge in [0, 0.05) is 55.3 Å². The fourth-order valence-corrected chi connectivity index (χ4v) is 5.93. The predicted molar refractivity (Wildman–Crippen MR) is 186 cm³/mol. The predicted octanol–water partition coefficient (Wildman–Crippen LogP) is 1.92. The van der Waals surface area contributed by atoms with E-state index >= 15 is 0 Å². The van der Waals surface area contributed by atoms with Crippen molar-refractivity contribution < 1.29 is 52.4 Å². The van der Waals surface area contributed by atoms with Gasteiger partial charge in [0.15, 0.2) is 0 Å². The number of thiol groups is 1. The van der Waals surface area contributed by atoms with Crippen molar-refractivity contribution in [2.24, 2.45) is 0 Å². The Morgan fingerprint density at radius 2 is 1.33 bits per heavy atom. The van der Waals surface area contributed by atoms with E-state index < -0.39 is 59.5 Å². The number of carboxylic acids is 3. The van der Waals surface area contributed by atoms with Crippen molar-refractivity contribution in [3.63, 3.8) is 0 Å². The molecule has 19 heteroatoms. The van der Waals surface area contributed by atoms with Crippen molar-refractivity contribution in [1.29, 1.82) is 0 Å². The van der Waals surface area contributed by atoms with Crippen LogP contribution in [0.1, 0.15) is 69.9 Å². The second-order valence-corrected chi connectivity index (χ2v) is 13.1. The molecule has 1 amide bonds. The topological polar surface area (TPSA) is 252 Å². The molecule has 18 nitrogen and oxygen atoms in total. The fraction of sp³-hybridized carbons (Fsp3) is 0.485. The maximum atomic E-state index is 13.4. The number of hydrogen-bond donors (Lipinski definition) is 6. The lowest BCUT2D eigenvalue weighted by molar-refractivity contribution is -0.139. The zero-order chi connectivity index (χ0) is 38.1. The third kappa shape index (κ3) is 14.9. The molecule has 2 aromatic heterocycles. The highest BCUT2D eigenvalue weighted by Crippen LogP contribution is 2.26. The molecule has 3 aromatic rings. The number of nitrogens with zero attached hydrogens (tertiary/aromatic N) is 5. The average molecular weight is 748 g/mol. The van der Waals surface area contributed by atoms with Crippen LogP contribution in [0.5, 0.6) is 5.75 Å². The molecule has 0 fully saturated rings. The van der Waals surface area contributed by atoms with Gasteiger partial charge in [-0.15, -0.1) is 0 Å². The Morgan fingerprint density at radius 3 is 1.81 bits per heavy atom. The number of ether oxygens (including phenoxy) is 1. The number of rotatable bonds is 26. The summed E-state index contributed by atoms with van der Waals surface area (Å²) in [7, 11) is -2.77. The number of carbonyl (C=O) groups is 5. The molecule has 0 radical (unpaired) electrons. The summed E-state index contributed by atoms with van der Waals surface area (Å²) in [4.78, 5) is 70.4. The van der Waals surface area contributed by atoms with Crippen LogP contribution in [-0.4, -0.2) is 96.0 Å². The van der Waals surface area contributed by atoms with Gasteiger partial charge in [0.05, 0.1) is 26.2 Å². The smallest absolute Gasteiger partial charge is 0.303 e. The Bertz CT molecular complexity index is 1680. The number of nitrogens with one attached hydrogen (secondary N) is 2. The van der Waals surface area contributed by atoms with E-state index in [9.17, 15) is 47.7 Å². The van der Waals surface area contributed by atoms with Gasteiger partial charge in [-0.2, -0.15) is 0 Å². The van der Waals surface area contributed by atoms with Crippen LogP contribution in [-0.2, 0) is 61.0 Å². The molecule has 3 rings (SSSR count). The maximum absolute atomic E-state index is 13.4. The first kappa shape index (κ1) is 41.1. The number of benzene rings is 1. The van der Waals surface area contributed by atoms with E-state index in [1.807, 2.05) is 0 Å². The van der Waals surface area contributed by atoms with Gasteiger partial charge in [-0.05, 0) is 69.8 Å². The van der Waals surface area contributed by atoms with E-state index in [-0.39, 0.29) is 44.7 Å². The number of carboxylic acid groups (broad SMARTS) is 3. The Kier molecular flexibility index (Phi) is 16.2. The summed E-state index contributed by atoms with van der Waals surface area (Å²) in [5, 5.41) is 30.7. The highest BCUT2D eigenvalue weighted by molar-refractivity contribution is 7.73. The second kappa shape index (κ2) is 20.5. The Hall–Kier alpha value is -5.30. The van der Waals surface area contributed by atoms with Gasteiger partial charge in [0.25, 0.3) is 0 Å². The molecule has 0 bridgehead atoms. The quantitative estimate of drug-likeness (QED) is 0.0507. The summed E-state index contributed by atoms with van der Waals surface area (Å²) in [6, 6.07) is 6.51. The number of amides is 1. The largest absolute Gasteiger partial charge is 0.494 e. The first-order chi connectivity index (χ1) is 24.7. The van der Waals surface area contributed by atoms with E-state index in [1.165, 1.54) is 13.1 Å². The van der Waals surface area contributed by atoms with Crippen LogP contribution >= 0.6 is 0 Å². The van der Waals surface area contributed by atoms with Gasteiger partial charge in [0.1, 0.15) is 29.7 Å². The summed E-state index contributed by atoms with van der Waals surface area (Å²) in [6.07, 6.45) is 6.15. The highest BCUT2D eigenvalue weighted by Gasteiger charge is 2.34. The van der Waals surface area contributed by atoms with Crippen LogP contribution in [0.2, 0.25) is 0 Å². The zero-order valence-electron chi connectivity index (χ0n) is 28.8. The van der Waals surface area contributed by atoms with Crippen molar-refractivity contribution in [3.05, 3.63) is 60.7 Å². The van der Waals surface area contributed by atoms with E-state index in [2.05, 4.69) is 24.9 Å². The molecule has 0 saturated carbocycles. The zero-order valence-corrected chi connectivity index (χ0v) is 29.7. The number of ketones is 1. The van der Waals surface area contributed by atoms with E-state index in [0.717, 1.165) is 0 Å². The number of Topliss-reactive ketones (excluding diaryl/α,β-unsaturated/α-hetero) is 1. The lowest BCUT2D eigenvalue weighted by atomic mass is 9.83. The normalized spacial score (nSPS) is 11.4. The molecule has 0 aliphatic carbocycles. The molecule has 0 unspecified atom stereocenters. The summed E-state index contributed by atoms with van der Waals surface area (Å²) in [6.45, 7) is 2.95. The number of aromatic nitrogens is 4. The van der Waals surface area contributed by atoms with Crippen LogP contribution in [0, 0.1) is 0 Å². The molecule has 5 N–H and O–H groups in total. The molecule has 0 saturated heterocycles. The van der Waals surface area contributed by atoms with Crippen LogP contribution in [0.3, 0.4) is 0 Å². The molecular weight excluding hydrogens is 702 g/mol. The van der Waals surface area contributed by atoms with Crippen LogP contribution in [0.15, 0.2) is 49.1 Å². The Morgan fingerprint density at radius 1 is 0.808 bits per heavy atom. The van der Waals surface area contributed by atoms with Crippen LogP contribution < -0.4 is 14.8 Å². The minimum absolute atomic E-state index is 0.0405.